The SMILES string of the molecule is CCCCCCCCCCCCCCOc1ccc(S(=O)(=O)c2cnc3ccc(S(C)=O)cc3c2N2CCC(N3CCC(N4CCN(CC)CC4)CC3)CC2)c(F)c1F. The molecule has 59 heavy (non-hydrogen) atoms. The van der Waals surface area contributed by atoms with Gasteiger partial charge in [0.2, 0.25) is 15.7 Å². The highest BCUT2D eigenvalue weighted by Crippen LogP contribution is 2.40. The van der Waals surface area contributed by atoms with Gasteiger partial charge in [-0.3, -0.25) is 14.1 Å². The van der Waals surface area contributed by atoms with Gasteiger partial charge in [0, 0.05) is 84.9 Å². The number of likely N-dealkylation sites (tertiary alicyclic amines) is 1. The van der Waals surface area contributed by atoms with Crippen LogP contribution in [0, 0.1) is 11.6 Å². The summed E-state index contributed by atoms with van der Waals surface area (Å²) in [6.07, 6.45) is 21.1. The van der Waals surface area contributed by atoms with Crippen molar-refractivity contribution in [3.8, 4) is 5.75 Å². The molecule has 6 rings (SSSR count). The van der Waals surface area contributed by atoms with Crippen LogP contribution in [-0.4, -0.2) is 116 Å². The Morgan fingerprint density at radius 1 is 0.712 bits per heavy atom. The third-order valence-electron chi connectivity index (χ3n) is 13.1. The predicted octanol–water partition coefficient (Wildman–Crippen LogP) is 9.23. The monoisotopic (exact) mass is 857 g/mol. The maximum absolute atomic E-state index is 15.9. The predicted molar refractivity (Wildman–Crippen MR) is 236 cm³/mol. The van der Waals surface area contributed by atoms with E-state index in [1.165, 1.54) is 63.6 Å². The first kappa shape index (κ1) is 45.8. The molecule has 0 spiro atoms. The molecular weight excluding hydrogens is 789 g/mol. The molecule has 3 aliphatic heterocycles. The lowest BCUT2D eigenvalue weighted by Crippen LogP contribution is -2.55. The van der Waals surface area contributed by atoms with Crippen LogP contribution in [0.5, 0.6) is 5.75 Å². The number of hydrogen-bond donors (Lipinski definition) is 0. The Balaban J connectivity index is 1.09. The number of sulfone groups is 1. The molecule has 3 saturated heterocycles. The van der Waals surface area contributed by atoms with Crippen LogP contribution in [0.15, 0.2) is 51.2 Å². The number of ether oxygens (including phenoxy) is 1. The van der Waals surface area contributed by atoms with Crippen LogP contribution in [0.3, 0.4) is 0 Å². The smallest absolute Gasteiger partial charge is 0.213 e. The molecule has 9 nitrogen and oxygen atoms in total. The molecule has 328 valence electrons. The molecule has 0 aliphatic carbocycles. The Morgan fingerprint density at radius 3 is 1.88 bits per heavy atom. The molecule has 1 atom stereocenters. The van der Waals surface area contributed by atoms with Crippen molar-refractivity contribution in [2.45, 2.75) is 143 Å². The normalized spacial score (nSPS) is 18.8. The standard InChI is InChI=1S/C46H69F2N5O4S2/c1-4-6-7-8-9-10-11-12-13-14-15-16-33-57-41-19-20-42(45(48)44(41)47)59(55,56)43-35-49-40-18-17-38(58(3)54)34-39(40)46(43)53-27-23-36(24-28-53)51-25-21-37(22-26-51)52-31-29-50(5-2)30-32-52/h17-20,34-37H,4-16,21-33H2,1-3H3. The van der Waals surface area contributed by atoms with Crippen LogP contribution in [-0.2, 0) is 20.6 Å². The molecule has 0 saturated carbocycles. The summed E-state index contributed by atoms with van der Waals surface area (Å²) in [6.45, 7) is 13.7. The highest BCUT2D eigenvalue weighted by molar-refractivity contribution is 7.91. The fraction of sp³-hybridized carbons (Fsp3) is 0.674. The zero-order chi connectivity index (χ0) is 41.8. The van der Waals surface area contributed by atoms with Crippen molar-refractivity contribution in [2.75, 3.05) is 76.7 Å². The summed E-state index contributed by atoms with van der Waals surface area (Å²) in [5.41, 5.74) is 0.947. The Morgan fingerprint density at radius 2 is 1.29 bits per heavy atom. The molecule has 4 heterocycles. The van der Waals surface area contributed by atoms with E-state index in [2.05, 4.69) is 38.4 Å². The summed E-state index contributed by atoms with van der Waals surface area (Å²) in [5.74, 6) is -3.06. The van der Waals surface area contributed by atoms with E-state index in [0.717, 1.165) is 96.8 Å². The number of fused-ring (bicyclic) bond motifs is 1. The molecule has 0 N–H and O–H groups in total. The maximum Gasteiger partial charge on any atom is 0.213 e. The second-order valence-electron chi connectivity index (χ2n) is 17.0. The fourth-order valence-corrected chi connectivity index (χ4v) is 11.5. The molecule has 3 aliphatic rings. The molecule has 1 aromatic heterocycles. The van der Waals surface area contributed by atoms with E-state index >= 15 is 8.78 Å². The molecule has 0 bridgehead atoms. The van der Waals surface area contributed by atoms with Crippen LogP contribution in [0.1, 0.15) is 117 Å². The van der Waals surface area contributed by atoms with Crippen molar-refractivity contribution in [1.82, 2.24) is 19.7 Å². The van der Waals surface area contributed by atoms with Crippen molar-refractivity contribution < 1.29 is 26.1 Å². The van der Waals surface area contributed by atoms with Gasteiger partial charge in [0.25, 0.3) is 0 Å². The molecule has 13 heteroatoms. The van der Waals surface area contributed by atoms with Crippen LogP contribution in [0.25, 0.3) is 10.9 Å². The average Bonchev–Trinajstić information content (AvgIpc) is 3.26. The Hall–Kier alpha value is -2.71. The summed E-state index contributed by atoms with van der Waals surface area (Å²) < 4.78 is 78.6. The Labute approximate surface area is 355 Å². The summed E-state index contributed by atoms with van der Waals surface area (Å²) >= 11 is 0. The Kier molecular flexibility index (Phi) is 17.4. The highest BCUT2D eigenvalue weighted by atomic mass is 32.2. The number of aromatic nitrogens is 1. The van der Waals surface area contributed by atoms with E-state index in [4.69, 9.17) is 4.74 Å². The topological polar surface area (TPSA) is 86.3 Å². The summed E-state index contributed by atoms with van der Waals surface area (Å²) in [4.78, 5) is 13.9. The van der Waals surface area contributed by atoms with Crippen molar-refractivity contribution >= 4 is 37.2 Å². The van der Waals surface area contributed by atoms with Gasteiger partial charge >= 0.3 is 0 Å². The van der Waals surface area contributed by atoms with E-state index in [-0.39, 0.29) is 17.3 Å². The van der Waals surface area contributed by atoms with E-state index in [1.54, 1.807) is 24.5 Å². The van der Waals surface area contributed by atoms with Gasteiger partial charge in [0.05, 0.1) is 17.8 Å². The first-order valence-corrected chi connectivity index (χ1v) is 25.7. The number of pyridine rings is 1. The molecule has 2 aromatic carbocycles. The fourth-order valence-electron chi connectivity index (χ4n) is 9.43. The van der Waals surface area contributed by atoms with Gasteiger partial charge in [-0.1, -0.05) is 84.5 Å². The van der Waals surface area contributed by atoms with Crippen molar-refractivity contribution in [2.24, 2.45) is 0 Å². The lowest BCUT2D eigenvalue weighted by molar-refractivity contribution is 0.0449. The number of anilines is 1. The van der Waals surface area contributed by atoms with Gasteiger partial charge in [0.1, 0.15) is 9.79 Å². The Bertz CT molecular complexity index is 1930. The molecule has 1 unspecified atom stereocenters. The number of halogens is 2. The first-order valence-electron chi connectivity index (χ1n) is 22.7. The highest BCUT2D eigenvalue weighted by Gasteiger charge is 2.35. The van der Waals surface area contributed by atoms with Gasteiger partial charge in [-0.25, -0.2) is 12.8 Å². The van der Waals surface area contributed by atoms with Crippen LogP contribution in [0.4, 0.5) is 14.5 Å². The quantitative estimate of drug-likeness (QED) is 0.0974. The largest absolute Gasteiger partial charge is 0.490 e. The van der Waals surface area contributed by atoms with E-state index < -0.39 is 37.2 Å². The number of benzene rings is 2. The number of hydrogen-bond acceptors (Lipinski definition) is 9. The van der Waals surface area contributed by atoms with Crippen LogP contribution < -0.4 is 9.64 Å². The second kappa shape index (κ2) is 22.4. The molecular formula is C46H69F2N5O4S2. The number of rotatable bonds is 21. The number of piperazine rings is 1. The van der Waals surface area contributed by atoms with E-state index in [0.29, 0.717) is 53.1 Å². The third kappa shape index (κ3) is 11.8. The second-order valence-corrected chi connectivity index (χ2v) is 20.3. The molecule has 3 aromatic rings. The van der Waals surface area contributed by atoms with Crippen molar-refractivity contribution in [3.63, 3.8) is 0 Å². The zero-order valence-electron chi connectivity index (χ0n) is 35.9. The van der Waals surface area contributed by atoms with Crippen molar-refractivity contribution in [1.29, 1.82) is 0 Å². The number of unbranched alkanes of at least 4 members (excludes halogenated alkanes) is 11. The number of piperidine rings is 2. The minimum atomic E-state index is -4.59. The number of nitrogens with zero attached hydrogens (tertiary/aromatic N) is 5. The third-order valence-corrected chi connectivity index (χ3v) is 15.8. The number of likely N-dealkylation sites (N-methyl/N-ethyl adjacent to an activating group) is 1. The maximum atomic E-state index is 15.9. The summed E-state index contributed by atoms with van der Waals surface area (Å²) in [6, 6.07) is 8.54. The summed E-state index contributed by atoms with van der Waals surface area (Å²) in [5, 5.41) is 0.532. The summed E-state index contributed by atoms with van der Waals surface area (Å²) in [7, 11) is -5.92. The lowest BCUT2D eigenvalue weighted by Gasteiger charge is -2.46. The van der Waals surface area contributed by atoms with Gasteiger partial charge < -0.3 is 19.4 Å². The molecule has 0 radical (unpaired) electrons. The average molecular weight is 858 g/mol. The molecule has 0 amide bonds. The van der Waals surface area contributed by atoms with Crippen LogP contribution >= 0.6 is 0 Å². The van der Waals surface area contributed by atoms with Gasteiger partial charge in [-0.05, 0) is 82.1 Å². The van der Waals surface area contributed by atoms with Crippen molar-refractivity contribution in [3.05, 3.63) is 48.2 Å². The lowest BCUT2D eigenvalue weighted by atomic mass is 9.96. The first-order chi connectivity index (χ1) is 28.6. The van der Waals surface area contributed by atoms with Gasteiger partial charge in [0.15, 0.2) is 11.6 Å². The minimum absolute atomic E-state index is 0.185. The van der Waals surface area contributed by atoms with E-state index in [1.807, 2.05) is 0 Å². The zero-order valence-corrected chi connectivity index (χ0v) is 37.6. The van der Waals surface area contributed by atoms with Gasteiger partial charge in [-0.2, -0.15) is 4.39 Å². The van der Waals surface area contributed by atoms with Crippen LogP contribution in [0.2, 0.25) is 0 Å². The van der Waals surface area contributed by atoms with Gasteiger partial charge in [-0.15, -0.1) is 0 Å². The molecule has 3 fully saturated rings. The van der Waals surface area contributed by atoms with E-state index in [9.17, 15) is 12.6 Å². The minimum Gasteiger partial charge on any atom is -0.490 e.